The van der Waals surface area contributed by atoms with E-state index in [1.807, 2.05) is 6.07 Å². The number of nitriles is 1. The van der Waals surface area contributed by atoms with Crippen molar-refractivity contribution in [3.63, 3.8) is 0 Å². The van der Waals surface area contributed by atoms with Crippen molar-refractivity contribution in [1.82, 2.24) is 0 Å². The van der Waals surface area contributed by atoms with E-state index in [9.17, 15) is 13.9 Å². The number of halogens is 2. The maximum Gasteiger partial charge on any atom is 0.140 e. The molecular formula is C20H13F2NO. The molecule has 0 aliphatic rings. The van der Waals surface area contributed by atoms with Gasteiger partial charge in [0.25, 0.3) is 0 Å². The second-order valence-corrected chi connectivity index (χ2v) is 5.41. The topological polar surface area (TPSA) is 44.0 Å². The van der Waals surface area contributed by atoms with Crippen molar-refractivity contribution >= 4 is 0 Å². The average Bonchev–Trinajstić information content (AvgIpc) is 2.62. The molecule has 24 heavy (non-hydrogen) atoms. The van der Waals surface area contributed by atoms with Gasteiger partial charge in [-0.05, 0) is 53.1 Å². The molecule has 0 saturated heterocycles. The van der Waals surface area contributed by atoms with E-state index in [4.69, 9.17) is 5.26 Å². The Morgan fingerprint density at radius 2 is 1.00 bits per heavy atom. The zero-order chi connectivity index (χ0) is 17.2. The fourth-order valence-corrected chi connectivity index (χ4v) is 2.67. The normalized spacial score (nSPS) is 11.1. The number of benzene rings is 3. The molecule has 0 fully saturated rings. The molecule has 0 aliphatic carbocycles. The lowest BCUT2D eigenvalue weighted by Gasteiger charge is -2.30. The van der Waals surface area contributed by atoms with Crippen LogP contribution in [0, 0.1) is 23.0 Å². The van der Waals surface area contributed by atoms with Crippen molar-refractivity contribution in [3.05, 3.63) is 107 Å². The first-order valence-corrected chi connectivity index (χ1v) is 7.29. The molecule has 0 spiro atoms. The van der Waals surface area contributed by atoms with E-state index in [0.717, 1.165) is 0 Å². The van der Waals surface area contributed by atoms with Gasteiger partial charge in [0.15, 0.2) is 0 Å². The van der Waals surface area contributed by atoms with Crippen LogP contribution in [0.15, 0.2) is 72.8 Å². The van der Waals surface area contributed by atoms with Gasteiger partial charge in [-0.1, -0.05) is 36.4 Å². The lowest BCUT2D eigenvalue weighted by atomic mass is 9.80. The van der Waals surface area contributed by atoms with E-state index < -0.39 is 17.2 Å². The van der Waals surface area contributed by atoms with Crippen LogP contribution < -0.4 is 0 Å². The number of rotatable bonds is 3. The molecule has 0 radical (unpaired) electrons. The van der Waals surface area contributed by atoms with Gasteiger partial charge in [0.05, 0.1) is 11.6 Å². The van der Waals surface area contributed by atoms with Crippen molar-refractivity contribution in [1.29, 1.82) is 5.26 Å². The molecule has 3 aromatic carbocycles. The highest BCUT2D eigenvalue weighted by Gasteiger charge is 2.33. The highest BCUT2D eigenvalue weighted by molar-refractivity contribution is 5.48. The Balaban J connectivity index is 2.21. The Hall–Kier alpha value is -3.03. The summed E-state index contributed by atoms with van der Waals surface area (Å²) < 4.78 is 26.5. The van der Waals surface area contributed by atoms with Gasteiger partial charge in [0.2, 0.25) is 0 Å². The van der Waals surface area contributed by atoms with E-state index in [1.165, 1.54) is 48.5 Å². The minimum atomic E-state index is -1.59. The van der Waals surface area contributed by atoms with E-state index in [2.05, 4.69) is 0 Å². The quantitative estimate of drug-likeness (QED) is 0.738. The zero-order valence-electron chi connectivity index (χ0n) is 12.6. The summed E-state index contributed by atoms with van der Waals surface area (Å²) in [5.74, 6) is -0.833. The van der Waals surface area contributed by atoms with Gasteiger partial charge in [-0.2, -0.15) is 5.26 Å². The van der Waals surface area contributed by atoms with E-state index in [0.29, 0.717) is 22.3 Å². The summed E-state index contributed by atoms with van der Waals surface area (Å²) in [6.07, 6.45) is 0. The van der Waals surface area contributed by atoms with Gasteiger partial charge in [0.1, 0.15) is 17.2 Å². The van der Waals surface area contributed by atoms with Crippen LogP contribution in [0.25, 0.3) is 0 Å². The lowest BCUT2D eigenvalue weighted by molar-refractivity contribution is 0.125. The second kappa shape index (κ2) is 6.23. The van der Waals surface area contributed by atoms with Crippen molar-refractivity contribution in [2.24, 2.45) is 0 Å². The first kappa shape index (κ1) is 15.9. The van der Waals surface area contributed by atoms with Crippen LogP contribution in [0.5, 0.6) is 0 Å². The molecule has 3 aromatic rings. The van der Waals surface area contributed by atoms with Crippen molar-refractivity contribution in [3.8, 4) is 6.07 Å². The molecule has 0 saturated carbocycles. The van der Waals surface area contributed by atoms with Gasteiger partial charge in [0, 0.05) is 0 Å². The summed E-state index contributed by atoms with van der Waals surface area (Å²) in [6, 6.07) is 19.4. The molecule has 4 heteroatoms. The molecular weight excluding hydrogens is 308 g/mol. The Bertz CT molecular complexity index is 833. The molecule has 3 rings (SSSR count). The number of hydrogen-bond donors (Lipinski definition) is 1. The average molecular weight is 321 g/mol. The van der Waals surface area contributed by atoms with Crippen LogP contribution in [0.1, 0.15) is 22.3 Å². The van der Waals surface area contributed by atoms with Crippen molar-refractivity contribution in [2.45, 2.75) is 5.60 Å². The molecule has 0 amide bonds. The maximum absolute atomic E-state index is 13.3. The summed E-state index contributed by atoms with van der Waals surface area (Å²) in [5, 5.41) is 20.4. The third-order valence-corrected chi connectivity index (χ3v) is 3.96. The predicted molar refractivity (Wildman–Crippen MR) is 86.1 cm³/mol. The molecule has 0 atom stereocenters. The predicted octanol–water partition coefficient (Wildman–Crippen LogP) is 4.12. The van der Waals surface area contributed by atoms with Gasteiger partial charge < -0.3 is 5.11 Å². The molecule has 2 nitrogen and oxygen atoms in total. The maximum atomic E-state index is 13.3. The van der Waals surface area contributed by atoms with Crippen LogP contribution in [0.4, 0.5) is 8.78 Å². The fraction of sp³-hybridized carbons (Fsp3) is 0.0500. The highest BCUT2D eigenvalue weighted by Crippen LogP contribution is 2.36. The lowest BCUT2D eigenvalue weighted by Crippen LogP contribution is -2.28. The SMILES string of the molecule is N#Cc1ccc(C(O)(c2ccc(F)cc2)c2ccc(F)cc2)cc1. The Kier molecular flexibility index (Phi) is 4.11. The van der Waals surface area contributed by atoms with Crippen molar-refractivity contribution in [2.75, 3.05) is 0 Å². The minimum Gasteiger partial charge on any atom is -0.376 e. The number of aliphatic hydroxyl groups is 1. The standard InChI is InChI=1S/C20H13F2NO/c21-18-9-5-16(6-10-18)20(24,17-7-11-19(22)12-8-17)15-3-1-14(13-23)2-4-15/h1-12,24H. The van der Waals surface area contributed by atoms with Crippen LogP contribution in [-0.4, -0.2) is 5.11 Å². The summed E-state index contributed by atoms with van der Waals surface area (Å²) in [7, 11) is 0. The third kappa shape index (κ3) is 2.78. The van der Waals surface area contributed by atoms with Gasteiger partial charge >= 0.3 is 0 Å². The first-order chi connectivity index (χ1) is 11.5. The highest BCUT2D eigenvalue weighted by atomic mass is 19.1. The zero-order valence-corrected chi connectivity index (χ0v) is 12.6. The fourth-order valence-electron chi connectivity index (χ4n) is 2.67. The number of hydrogen-bond acceptors (Lipinski definition) is 2. The Labute approximate surface area is 138 Å². The summed E-state index contributed by atoms with van der Waals surface area (Å²) in [6.45, 7) is 0. The molecule has 0 bridgehead atoms. The van der Waals surface area contributed by atoms with Gasteiger partial charge in [-0.15, -0.1) is 0 Å². The molecule has 0 unspecified atom stereocenters. The van der Waals surface area contributed by atoms with E-state index in [1.54, 1.807) is 24.3 Å². The molecule has 0 aliphatic heterocycles. The van der Waals surface area contributed by atoms with Gasteiger partial charge in [-0.3, -0.25) is 0 Å². The Morgan fingerprint density at radius 1 is 0.667 bits per heavy atom. The van der Waals surface area contributed by atoms with Crippen molar-refractivity contribution < 1.29 is 13.9 Å². The van der Waals surface area contributed by atoms with Gasteiger partial charge in [-0.25, -0.2) is 8.78 Å². The van der Waals surface area contributed by atoms with Crippen LogP contribution in [0.3, 0.4) is 0 Å². The second-order valence-electron chi connectivity index (χ2n) is 5.41. The van der Waals surface area contributed by atoms with E-state index in [-0.39, 0.29) is 0 Å². The first-order valence-electron chi connectivity index (χ1n) is 7.29. The van der Waals surface area contributed by atoms with Crippen LogP contribution in [0.2, 0.25) is 0 Å². The largest absolute Gasteiger partial charge is 0.376 e. The molecule has 118 valence electrons. The van der Waals surface area contributed by atoms with E-state index >= 15 is 0 Å². The summed E-state index contributed by atoms with van der Waals surface area (Å²) in [5.41, 5.74) is 0.259. The summed E-state index contributed by atoms with van der Waals surface area (Å²) >= 11 is 0. The summed E-state index contributed by atoms with van der Waals surface area (Å²) in [4.78, 5) is 0. The van der Waals surface area contributed by atoms with Crippen LogP contribution in [-0.2, 0) is 5.60 Å². The molecule has 0 heterocycles. The molecule has 0 aromatic heterocycles. The minimum absolute atomic E-state index is 0.417. The monoisotopic (exact) mass is 321 g/mol. The van der Waals surface area contributed by atoms with Crippen LogP contribution >= 0.6 is 0 Å². The smallest absolute Gasteiger partial charge is 0.140 e. The third-order valence-electron chi connectivity index (χ3n) is 3.96. The molecule has 1 N–H and O–H groups in total. The number of nitrogens with zero attached hydrogens (tertiary/aromatic N) is 1. The Morgan fingerprint density at radius 3 is 1.33 bits per heavy atom.